The van der Waals surface area contributed by atoms with Gasteiger partial charge in [-0.05, 0) is 24.5 Å². The van der Waals surface area contributed by atoms with E-state index in [1.165, 1.54) is 57.4 Å². The maximum atomic E-state index is 11.0. The summed E-state index contributed by atoms with van der Waals surface area (Å²) in [6.45, 7) is 2.24. The van der Waals surface area contributed by atoms with Gasteiger partial charge in [-0.15, -0.1) is 0 Å². The van der Waals surface area contributed by atoms with E-state index in [1.54, 1.807) is 6.07 Å². The molecule has 0 bridgehead atoms. The van der Waals surface area contributed by atoms with E-state index in [4.69, 9.17) is 5.11 Å². The van der Waals surface area contributed by atoms with Crippen molar-refractivity contribution in [2.45, 2.75) is 77.6 Å². The number of unbranched alkanes of at least 4 members (excludes halogenated alkanes) is 9. The number of hydrogen-bond donors (Lipinski definition) is 2. The Bertz CT molecular complexity index is 440. The predicted octanol–water partition coefficient (Wildman–Crippen LogP) is 5.55. The van der Waals surface area contributed by atoms with Gasteiger partial charge in [-0.25, -0.2) is 4.79 Å². The van der Waals surface area contributed by atoms with Crippen LogP contribution in [0.2, 0.25) is 0 Å². The van der Waals surface area contributed by atoms with Gasteiger partial charge in [0.1, 0.15) is 11.3 Å². The first kappa shape index (κ1) is 18.5. The lowest BCUT2D eigenvalue weighted by molar-refractivity contribution is 0.0693. The lowest BCUT2D eigenvalue weighted by Crippen LogP contribution is -1.99. The Balaban J connectivity index is 2.13. The molecule has 0 unspecified atom stereocenters. The zero-order chi connectivity index (χ0) is 16.2. The normalized spacial score (nSPS) is 10.8. The fourth-order valence-corrected chi connectivity index (χ4v) is 2.77. The summed E-state index contributed by atoms with van der Waals surface area (Å²) in [6, 6.07) is 4.96. The van der Waals surface area contributed by atoms with Gasteiger partial charge in [0, 0.05) is 0 Å². The first-order chi connectivity index (χ1) is 10.7. The molecule has 1 aromatic carbocycles. The molecule has 0 aliphatic heterocycles. The maximum absolute atomic E-state index is 11.0. The number of aromatic hydroxyl groups is 1. The van der Waals surface area contributed by atoms with Crippen LogP contribution in [0.25, 0.3) is 0 Å². The van der Waals surface area contributed by atoms with Gasteiger partial charge >= 0.3 is 5.97 Å². The number of carboxylic acids is 1. The molecule has 0 atom stereocenters. The molecule has 0 saturated carbocycles. The number of hydrogen-bond acceptors (Lipinski definition) is 2. The summed E-state index contributed by atoms with van der Waals surface area (Å²) in [6.07, 6.45) is 13.5. The molecule has 0 aliphatic carbocycles. The second-order valence-electron chi connectivity index (χ2n) is 6.05. The molecule has 0 aromatic heterocycles. The van der Waals surface area contributed by atoms with E-state index in [2.05, 4.69) is 6.92 Å². The third-order valence-corrected chi connectivity index (χ3v) is 4.15. The highest BCUT2D eigenvalue weighted by atomic mass is 16.4. The number of carboxylic acid groups (broad SMARTS) is 1. The van der Waals surface area contributed by atoms with Crippen molar-refractivity contribution in [2.24, 2.45) is 0 Å². The monoisotopic (exact) mass is 306 g/mol. The molecule has 124 valence electrons. The Morgan fingerprint density at radius 1 is 0.909 bits per heavy atom. The lowest BCUT2D eigenvalue weighted by Gasteiger charge is -2.07. The second kappa shape index (κ2) is 11.1. The van der Waals surface area contributed by atoms with Crippen LogP contribution in [0.1, 0.15) is 87.1 Å². The zero-order valence-corrected chi connectivity index (χ0v) is 13.8. The summed E-state index contributed by atoms with van der Waals surface area (Å²) in [5, 5.41) is 18.9. The molecule has 0 amide bonds. The second-order valence-corrected chi connectivity index (χ2v) is 6.05. The van der Waals surface area contributed by atoms with Crippen molar-refractivity contribution in [3.05, 3.63) is 29.3 Å². The number of carbonyl (C=O) groups is 1. The fraction of sp³-hybridized carbons (Fsp3) is 0.632. The summed E-state index contributed by atoms with van der Waals surface area (Å²) in [5.74, 6) is -1.13. The molecule has 3 heteroatoms. The Kier molecular flexibility index (Phi) is 9.36. The summed E-state index contributed by atoms with van der Waals surface area (Å²) in [5.41, 5.74) is 0.754. The molecule has 0 spiro atoms. The van der Waals surface area contributed by atoms with Gasteiger partial charge in [0.15, 0.2) is 0 Å². The highest BCUT2D eigenvalue weighted by molar-refractivity contribution is 5.91. The van der Waals surface area contributed by atoms with Crippen LogP contribution in [0.3, 0.4) is 0 Å². The molecule has 3 nitrogen and oxygen atoms in total. The van der Waals surface area contributed by atoms with Gasteiger partial charge in [-0.1, -0.05) is 76.8 Å². The van der Waals surface area contributed by atoms with Gasteiger partial charge in [0.05, 0.1) is 0 Å². The summed E-state index contributed by atoms with van der Waals surface area (Å²) in [7, 11) is 0. The molecule has 0 aliphatic rings. The molecule has 0 saturated heterocycles. The SMILES string of the molecule is CCCCCCCCCCCCc1cccc(C(=O)O)c1O. The van der Waals surface area contributed by atoms with Crippen LogP contribution < -0.4 is 0 Å². The van der Waals surface area contributed by atoms with E-state index in [9.17, 15) is 9.90 Å². The number of para-hydroxylation sites is 1. The molecule has 1 aromatic rings. The van der Waals surface area contributed by atoms with Crippen molar-refractivity contribution in [2.75, 3.05) is 0 Å². The number of rotatable bonds is 12. The minimum Gasteiger partial charge on any atom is -0.507 e. The summed E-state index contributed by atoms with van der Waals surface area (Å²) < 4.78 is 0. The van der Waals surface area contributed by atoms with Crippen LogP contribution in [-0.2, 0) is 6.42 Å². The van der Waals surface area contributed by atoms with Gasteiger partial charge in [-0.2, -0.15) is 0 Å². The zero-order valence-electron chi connectivity index (χ0n) is 13.8. The van der Waals surface area contributed by atoms with E-state index >= 15 is 0 Å². The molecular weight excluding hydrogens is 276 g/mol. The average molecular weight is 306 g/mol. The first-order valence-electron chi connectivity index (χ1n) is 8.71. The Morgan fingerprint density at radius 3 is 2.00 bits per heavy atom. The summed E-state index contributed by atoms with van der Waals surface area (Å²) in [4.78, 5) is 11.0. The van der Waals surface area contributed by atoms with E-state index < -0.39 is 5.97 Å². The molecular formula is C19H30O3. The topological polar surface area (TPSA) is 57.5 Å². The predicted molar refractivity (Wildman–Crippen MR) is 90.6 cm³/mol. The quantitative estimate of drug-likeness (QED) is 0.497. The third-order valence-electron chi connectivity index (χ3n) is 4.15. The smallest absolute Gasteiger partial charge is 0.339 e. The molecule has 0 radical (unpaired) electrons. The highest BCUT2D eigenvalue weighted by Crippen LogP contribution is 2.24. The van der Waals surface area contributed by atoms with E-state index in [1.807, 2.05) is 6.07 Å². The van der Waals surface area contributed by atoms with Gasteiger partial charge in [0.2, 0.25) is 0 Å². The van der Waals surface area contributed by atoms with Crippen LogP contribution in [0, 0.1) is 0 Å². The van der Waals surface area contributed by atoms with Crippen LogP contribution >= 0.6 is 0 Å². The Hall–Kier alpha value is -1.51. The average Bonchev–Trinajstić information content (AvgIpc) is 2.50. The Morgan fingerprint density at radius 2 is 1.45 bits per heavy atom. The number of benzene rings is 1. The standard InChI is InChI=1S/C19H30O3/c1-2-3-4-5-6-7-8-9-10-11-13-16-14-12-15-17(18(16)20)19(21)22/h12,14-15,20H,2-11,13H2,1H3,(H,21,22). The van der Waals surface area contributed by atoms with Crippen molar-refractivity contribution >= 4 is 5.97 Å². The van der Waals surface area contributed by atoms with Gasteiger partial charge in [0.25, 0.3) is 0 Å². The highest BCUT2D eigenvalue weighted by Gasteiger charge is 2.12. The van der Waals surface area contributed by atoms with Crippen molar-refractivity contribution in [1.82, 2.24) is 0 Å². The maximum Gasteiger partial charge on any atom is 0.339 e. The molecule has 0 fully saturated rings. The van der Waals surface area contributed by atoms with E-state index in [-0.39, 0.29) is 11.3 Å². The minimum atomic E-state index is -1.07. The molecule has 22 heavy (non-hydrogen) atoms. The van der Waals surface area contributed by atoms with Crippen LogP contribution in [0.5, 0.6) is 5.75 Å². The van der Waals surface area contributed by atoms with E-state index in [0.717, 1.165) is 24.8 Å². The first-order valence-corrected chi connectivity index (χ1v) is 8.71. The van der Waals surface area contributed by atoms with E-state index in [0.29, 0.717) is 0 Å². The van der Waals surface area contributed by atoms with Crippen LogP contribution in [0.15, 0.2) is 18.2 Å². The molecule has 1 rings (SSSR count). The number of phenols is 1. The largest absolute Gasteiger partial charge is 0.507 e. The van der Waals surface area contributed by atoms with Crippen molar-refractivity contribution in [3.63, 3.8) is 0 Å². The van der Waals surface area contributed by atoms with Crippen LogP contribution in [0.4, 0.5) is 0 Å². The summed E-state index contributed by atoms with van der Waals surface area (Å²) >= 11 is 0. The number of aryl methyl sites for hydroxylation is 1. The van der Waals surface area contributed by atoms with Gasteiger partial charge in [-0.3, -0.25) is 0 Å². The molecule has 2 N–H and O–H groups in total. The van der Waals surface area contributed by atoms with Crippen molar-refractivity contribution in [3.8, 4) is 5.75 Å². The fourth-order valence-electron chi connectivity index (χ4n) is 2.77. The van der Waals surface area contributed by atoms with Crippen molar-refractivity contribution < 1.29 is 15.0 Å². The van der Waals surface area contributed by atoms with Gasteiger partial charge < -0.3 is 10.2 Å². The van der Waals surface area contributed by atoms with Crippen molar-refractivity contribution in [1.29, 1.82) is 0 Å². The molecule has 0 heterocycles. The van der Waals surface area contributed by atoms with Crippen LogP contribution in [-0.4, -0.2) is 16.2 Å². The number of aromatic carboxylic acids is 1. The third kappa shape index (κ3) is 6.97. The Labute approximate surface area is 134 Å². The lowest BCUT2D eigenvalue weighted by atomic mass is 10.0. The minimum absolute atomic E-state index is 0.00424.